The predicted molar refractivity (Wildman–Crippen MR) is 52.4 cm³/mol. The van der Waals surface area contributed by atoms with Crippen molar-refractivity contribution in [2.75, 3.05) is 5.75 Å². The first kappa shape index (κ1) is 9.52. The second-order valence-electron chi connectivity index (χ2n) is 2.51. The van der Waals surface area contributed by atoms with Gasteiger partial charge < -0.3 is 0 Å². The molecule has 2 nitrogen and oxygen atoms in total. The molecule has 0 unspecified atom stereocenters. The van der Waals surface area contributed by atoms with Crippen molar-refractivity contribution in [2.24, 2.45) is 0 Å². The molecule has 0 N–H and O–H groups in total. The molecule has 3 heteroatoms. The number of hydrogen-bond acceptors (Lipinski definition) is 3. The zero-order chi connectivity index (χ0) is 8.81. The van der Waals surface area contributed by atoms with Crippen LogP contribution in [0.3, 0.4) is 0 Å². The molecular formula is C9H14N2S. The summed E-state index contributed by atoms with van der Waals surface area (Å²) in [5.74, 6) is 2.08. The van der Waals surface area contributed by atoms with Crippen LogP contribution in [0.5, 0.6) is 0 Å². The van der Waals surface area contributed by atoms with Crippen molar-refractivity contribution >= 4 is 11.8 Å². The van der Waals surface area contributed by atoms with E-state index in [2.05, 4.69) is 23.8 Å². The van der Waals surface area contributed by atoms with Gasteiger partial charge in [-0.15, -0.1) is 11.8 Å². The summed E-state index contributed by atoms with van der Waals surface area (Å²) in [7, 11) is 0. The Morgan fingerprint density at radius 2 is 2.25 bits per heavy atom. The third kappa shape index (κ3) is 2.81. The van der Waals surface area contributed by atoms with Crippen LogP contribution in [-0.4, -0.2) is 15.7 Å². The maximum atomic E-state index is 4.38. The van der Waals surface area contributed by atoms with E-state index in [4.69, 9.17) is 0 Å². The molecule has 0 radical (unpaired) electrons. The maximum absolute atomic E-state index is 4.38. The minimum absolute atomic E-state index is 0.917. The van der Waals surface area contributed by atoms with Gasteiger partial charge in [0.25, 0.3) is 0 Å². The second-order valence-corrected chi connectivity index (χ2v) is 3.63. The lowest BCUT2D eigenvalue weighted by molar-refractivity contribution is 0.887. The number of aromatic nitrogens is 2. The molecule has 1 aromatic rings. The Bertz CT molecular complexity index is 238. The molecule has 1 heterocycles. The van der Waals surface area contributed by atoms with Gasteiger partial charge in [0.05, 0.1) is 5.03 Å². The molecule has 0 saturated heterocycles. The van der Waals surface area contributed by atoms with Gasteiger partial charge in [0.1, 0.15) is 5.82 Å². The van der Waals surface area contributed by atoms with E-state index in [0.717, 1.165) is 23.0 Å². The maximum Gasteiger partial charge on any atom is 0.129 e. The zero-order valence-electron chi connectivity index (χ0n) is 7.58. The van der Waals surface area contributed by atoms with E-state index in [1.807, 2.05) is 12.3 Å². The van der Waals surface area contributed by atoms with Crippen molar-refractivity contribution in [2.45, 2.75) is 31.7 Å². The van der Waals surface area contributed by atoms with Crippen LogP contribution in [0.25, 0.3) is 0 Å². The van der Waals surface area contributed by atoms with Crippen molar-refractivity contribution in [1.29, 1.82) is 0 Å². The largest absolute Gasteiger partial charge is 0.241 e. The fraction of sp³-hybridized carbons (Fsp3) is 0.556. The van der Waals surface area contributed by atoms with Gasteiger partial charge in [0.2, 0.25) is 0 Å². The van der Waals surface area contributed by atoms with E-state index in [0.29, 0.717) is 0 Å². The van der Waals surface area contributed by atoms with Crippen LogP contribution < -0.4 is 0 Å². The van der Waals surface area contributed by atoms with Crippen LogP contribution in [0.2, 0.25) is 0 Å². The van der Waals surface area contributed by atoms with Gasteiger partial charge in [-0.1, -0.05) is 13.8 Å². The summed E-state index contributed by atoms with van der Waals surface area (Å²) in [6.45, 7) is 4.25. The number of aryl methyl sites for hydroxylation is 1. The van der Waals surface area contributed by atoms with Crippen LogP contribution in [0, 0.1) is 0 Å². The Balaban J connectivity index is 2.60. The summed E-state index contributed by atoms with van der Waals surface area (Å²) in [4.78, 5) is 8.52. The van der Waals surface area contributed by atoms with Gasteiger partial charge in [0.15, 0.2) is 0 Å². The standard InChI is InChI=1S/C9H14N2S/c1-3-7-12-9-5-6-10-8(4-2)11-9/h5-6H,3-4,7H2,1-2H3. The van der Waals surface area contributed by atoms with E-state index < -0.39 is 0 Å². The Morgan fingerprint density at radius 3 is 2.92 bits per heavy atom. The quantitative estimate of drug-likeness (QED) is 0.528. The topological polar surface area (TPSA) is 25.8 Å². The van der Waals surface area contributed by atoms with E-state index in [9.17, 15) is 0 Å². The summed E-state index contributed by atoms with van der Waals surface area (Å²) in [5, 5.41) is 1.10. The average molecular weight is 182 g/mol. The van der Waals surface area contributed by atoms with Crippen LogP contribution >= 0.6 is 11.8 Å². The molecule has 66 valence electrons. The fourth-order valence-electron chi connectivity index (χ4n) is 0.838. The van der Waals surface area contributed by atoms with E-state index >= 15 is 0 Å². The highest BCUT2D eigenvalue weighted by Gasteiger charge is 1.96. The first-order valence-corrected chi connectivity index (χ1v) is 5.30. The van der Waals surface area contributed by atoms with Crippen LogP contribution in [0.1, 0.15) is 26.1 Å². The van der Waals surface area contributed by atoms with Crippen LogP contribution in [0.15, 0.2) is 17.3 Å². The van der Waals surface area contributed by atoms with E-state index in [-0.39, 0.29) is 0 Å². The molecule has 12 heavy (non-hydrogen) atoms. The molecule has 0 aliphatic rings. The van der Waals surface area contributed by atoms with Gasteiger partial charge in [-0.2, -0.15) is 0 Å². The highest BCUT2D eigenvalue weighted by molar-refractivity contribution is 7.99. The molecule has 0 aromatic carbocycles. The fourth-order valence-corrected chi connectivity index (χ4v) is 1.58. The summed E-state index contributed by atoms with van der Waals surface area (Å²) in [6.07, 6.45) is 3.94. The molecule has 0 spiro atoms. The smallest absolute Gasteiger partial charge is 0.129 e. The summed E-state index contributed by atoms with van der Waals surface area (Å²) in [6, 6.07) is 1.97. The van der Waals surface area contributed by atoms with Crippen LogP contribution in [0.4, 0.5) is 0 Å². The molecule has 0 amide bonds. The highest BCUT2D eigenvalue weighted by atomic mass is 32.2. The summed E-state index contributed by atoms with van der Waals surface area (Å²) < 4.78 is 0. The third-order valence-corrected chi connectivity index (χ3v) is 2.59. The number of rotatable bonds is 4. The van der Waals surface area contributed by atoms with Gasteiger partial charge in [-0.25, -0.2) is 9.97 Å². The van der Waals surface area contributed by atoms with E-state index in [1.165, 1.54) is 6.42 Å². The number of hydrogen-bond donors (Lipinski definition) is 0. The minimum atomic E-state index is 0.917. The number of nitrogens with zero attached hydrogens (tertiary/aromatic N) is 2. The summed E-state index contributed by atoms with van der Waals surface area (Å²) in [5.41, 5.74) is 0. The number of thioether (sulfide) groups is 1. The normalized spacial score (nSPS) is 10.2. The van der Waals surface area contributed by atoms with Crippen molar-refractivity contribution in [1.82, 2.24) is 9.97 Å². The molecule has 0 saturated carbocycles. The first-order valence-electron chi connectivity index (χ1n) is 4.31. The van der Waals surface area contributed by atoms with Crippen molar-refractivity contribution in [3.05, 3.63) is 18.1 Å². The van der Waals surface area contributed by atoms with Crippen molar-refractivity contribution < 1.29 is 0 Å². The molecular weight excluding hydrogens is 168 g/mol. The van der Waals surface area contributed by atoms with E-state index in [1.54, 1.807) is 11.8 Å². The molecule has 0 atom stereocenters. The Kier molecular flexibility index (Phi) is 4.08. The molecule has 1 rings (SSSR count). The Labute approximate surface area is 77.8 Å². The Morgan fingerprint density at radius 1 is 1.42 bits per heavy atom. The first-order chi connectivity index (χ1) is 5.86. The molecule has 0 bridgehead atoms. The lowest BCUT2D eigenvalue weighted by atomic mass is 10.4. The lowest BCUT2D eigenvalue weighted by Gasteiger charge is -1.99. The monoisotopic (exact) mass is 182 g/mol. The van der Waals surface area contributed by atoms with Gasteiger partial charge in [-0.05, 0) is 18.2 Å². The zero-order valence-corrected chi connectivity index (χ0v) is 8.40. The predicted octanol–water partition coefficient (Wildman–Crippen LogP) is 2.54. The van der Waals surface area contributed by atoms with Crippen molar-refractivity contribution in [3.63, 3.8) is 0 Å². The SMILES string of the molecule is CCCSc1ccnc(CC)n1. The van der Waals surface area contributed by atoms with Crippen LogP contribution in [-0.2, 0) is 6.42 Å². The minimum Gasteiger partial charge on any atom is -0.241 e. The van der Waals surface area contributed by atoms with Gasteiger partial charge in [0, 0.05) is 12.6 Å². The lowest BCUT2D eigenvalue weighted by Crippen LogP contribution is -1.92. The van der Waals surface area contributed by atoms with Gasteiger partial charge >= 0.3 is 0 Å². The molecule has 0 aliphatic carbocycles. The third-order valence-electron chi connectivity index (χ3n) is 1.45. The van der Waals surface area contributed by atoms with Crippen molar-refractivity contribution in [3.8, 4) is 0 Å². The molecule has 0 fully saturated rings. The average Bonchev–Trinajstić information content (AvgIpc) is 2.15. The summed E-state index contributed by atoms with van der Waals surface area (Å²) >= 11 is 1.80. The van der Waals surface area contributed by atoms with Gasteiger partial charge in [-0.3, -0.25) is 0 Å². The highest BCUT2D eigenvalue weighted by Crippen LogP contribution is 2.14. The molecule has 1 aromatic heterocycles. The molecule has 0 aliphatic heterocycles. The Hall–Kier alpha value is -0.570. The second kappa shape index (κ2) is 5.14.